The second-order valence-electron chi connectivity index (χ2n) is 7.77. The van der Waals surface area contributed by atoms with Crippen molar-refractivity contribution in [3.63, 3.8) is 0 Å². The lowest BCUT2D eigenvalue weighted by Crippen LogP contribution is -2.45. The minimum atomic E-state index is -0.0784. The van der Waals surface area contributed by atoms with E-state index < -0.39 is 0 Å². The Balaban J connectivity index is 1.54. The Hall–Kier alpha value is -2.38. The van der Waals surface area contributed by atoms with E-state index in [9.17, 15) is 14.4 Å². The summed E-state index contributed by atoms with van der Waals surface area (Å²) in [6.07, 6.45) is 9.21. The zero-order valence-corrected chi connectivity index (χ0v) is 16.7. The van der Waals surface area contributed by atoms with Crippen LogP contribution in [0.25, 0.3) is 0 Å². The van der Waals surface area contributed by atoms with Crippen molar-refractivity contribution in [2.24, 2.45) is 13.0 Å². The van der Waals surface area contributed by atoms with E-state index in [1.54, 1.807) is 21.9 Å². The van der Waals surface area contributed by atoms with Gasteiger partial charge in [0.05, 0.1) is 0 Å². The van der Waals surface area contributed by atoms with Gasteiger partial charge in [-0.2, -0.15) is 0 Å². The number of carbonyl (C=O) groups is 3. The highest BCUT2D eigenvalue weighted by Crippen LogP contribution is 2.22. The number of likely N-dealkylation sites (tertiary alicyclic amines) is 1. The first kappa shape index (κ1) is 20.4. The second-order valence-corrected chi connectivity index (χ2v) is 7.77. The molecule has 0 atom stereocenters. The molecule has 2 aliphatic heterocycles. The van der Waals surface area contributed by atoms with Crippen molar-refractivity contribution in [2.45, 2.75) is 44.9 Å². The molecule has 1 aromatic rings. The Morgan fingerprint density at radius 3 is 2.50 bits per heavy atom. The molecule has 2 aliphatic rings. The maximum absolute atomic E-state index is 13.0. The van der Waals surface area contributed by atoms with E-state index in [-0.39, 0.29) is 23.6 Å². The number of hydrogen-bond donors (Lipinski definition) is 1. The van der Waals surface area contributed by atoms with Crippen molar-refractivity contribution in [1.82, 2.24) is 24.7 Å². The maximum Gasteiger partial charge on any atom is 0.289 e. The van der Waals surface area contributed by atoms with Gasteiger partial charge in [-0.15, -0.1) is 0 Å². The summed E-state index contributed by atoms with van der Waals surface area (Å²) in [5.74, 6) is 0.443. The summed E-state index contributed by atoms with van der Waals surface area (Å²) in [6, 6.07) is 0. The van der Waals surface area contributed by atoms with Crippen LogP contribution in [0.3, 0.4) is 0 Å². The van der Waals surface area contributed by atoms with Gasteiger partial charge in [0.25, 0.3) is 5.91 Å². The number of piperidine rings is 1. The Kier molecular flexibility index (Phi) is 7.06. The highest BCUT2D eigenvalue weighted by Gasteiger charge is 2.31. The number of nitrogens with zero attached hydrogens (tertiary/aromatic N) is 4. The van der Waals surface area contributed by atoms with Gasteiger partial charge in [0.15, 0.2) is 5.82 Å². The van der Waals surface area contributed by atoms with E-state index >= 15 is 0 Å². The number of rotatable bonds is 2. The number of nitrogens with one attached hydrogen (secondary N) is 1. The van der Waals surface area contributed by atoms with Crippen molar-refractivity contribution < 1.29 is 14.4 Å². The third kappa shape index (κ3) is 5.11. The molecule has 0 bridgehead atoms. The number of aryl methyl sites for hydroxylation is 1. The molecular weight excluding hydrogens is 358 g/mol. The predicted octanol–water partition coefficient (Wildman–Crippen LogP) is 1.18. The van der Waals surface area contributed by atoms with Crippen LogP contribution in [0.5, 0.6) is 0 Å². The van der Waals surface area contributed by atoms with Gasteiger partial charge in [0.1, 0.15) is 0 Å². The molecule has 0 saturated carbocycles. The summed E-state index contributed by atoms with van der Waals surface area (Å²) < 4.78 is 1.72. The summed E-state index contributed by atoms with van der Waals surface area (Å²) in [7, 11) is 1.81. The van der Waals surface area contributed by atoms with E-state index in [4.69, 9.17) is 0 Å². The number of aromatic nitrogens is 2. The highest BCUT2D eigenvalue weighted by atomic mass is 16.2. The van der Waals surface area contributed by atoms with E-state index in [2.05, 4.69) is 10.3 Å². The van der Waals surface area contributed by atoms with Gasteiger partial charge in [-0.1, -0.05) is 12.8 Å². The lowest BCUT2D eigenvalue weighted by atomic mass is 9.94. The quantitative estimate of drug-likeness (QED) is 0.823. The normalized spacial score (nSPS) is 20.4. The van der Waals surface area contributed by atoms with Gasteiger partial charge < -0.3 is 19.7 Å². The molecule has 3 amide bonds. The molecule has 8 nitrogen and oxygen atoms in total. The molecule has 3 heterocycles. The Morgan fingerprint density at radius 1 is 1.04 bits per heavy atom. The van der Waals surface area contributed by atoms with Gasteiger partial charge in [0, 0.05) is 64.5 Å². The fourth-order valence-corrected chi connectivity index (χ4v) is 3.97. The van der Waals surface area contributed by atoms with Crippen LogP contribution in [0, 0.1) is 5.92 Å². The lowest BCUT2D eigenvalue weighted by molar-refractivity contribution is -0.137. The van der Waals surface area contributed by atoms with Gasteiger partial charge >= 0.3 is 0 Å². The fraction of sp³-hybridized carbons (Fsp3) is 0.700. The molecule has 0 unspecified atom stereocenters. The van der Waals surface area contributed by atoms with Crippen molar-refractivity contribution >= 4 is 17.7 Å². The first-order valence-electron chi connectivity index (χ1n) is 10.4. The van der Waals surface area contributed by atoms with E-state index in [0.29, 0.717) is 44.7 Å². The Morgan fingerprint density at radius 2 is 1.79 bits per heavy atom. The average molecular weight is 390 g/mol. The summed E-state index contributed by atoms with van der Waals surface area (Å²) in [5, 5.41) is 2.93. The molecule has 1 N–H and O–H groups in total. The van der Waals surface area contributed by atoms with Crippen LogP contribution in [-0.4, -0.2) is 69.8 Å². The second kappa shape index (κ2) is 9.71. The minimum absolute atomic E-state index is 0.0233. The molecule has 2 fully saturated rings. The SMILES string of the molecule is Cn1ccnc1C(=O)N1CCC(C(=O)N2CCCCCCNC(=O)CC2)CC1. The zero-order valence-electron chi connectivity index (χ0n) is 16.7. The van der Waals surface area contributed by atoms with E-state index in [1.165, 1.54) is 0 Å². The predicted molar refractivity (Wildman–Crippen MR) is 105 cm³/mol. The van der Waals surface area contributed by atoms with Crippen molar-refractivity contribution in [3.05, 3.63) is 18.2 Å². The molecule has 0 spiro atoms. The molecule has 154 valence electrons. The molecular formula is C20H31N5O3. The molecule has 1 aromatic heterocycles. The number of hydrogen-bond acceptors (Lipinski definition) is 4. The van der Waals surface area contributed by atoms with Crippen LogP contribution in [0.15, 0.2) is 12.4 Å². The minimum Gasteiger partial charge on any atom is -0.356 e. The van der Waals surface area contributed by atoms with Crippen molar-refractivity contribution in [1.29, 1.82) is 0 Å². The van der Waals surface area contributed by atoms with Crippen LogP contribution >= 0.6 is 0 Å². The Labute approximate surface area is 166 Å². The Bertz CT molecular complexity index is 694. The molecule has 0 aliphatic carbocycles. The summed E-state index contributed by atoms with van der Waals surface area (Å²) in [5.41, 5.74) is 0. The summed E-state index contributed by atoms with van der Waals surface area (Å²) in [4.78, 5) is 45.3. The topological polar surface area (TPSA) is 87.5 Å². The number of amides is 3. The zero-order chi connectivity index (χ0) is 19.9. The van der Waals surface area contributed by atoms with Crippen LogP contribution in [0.4, 0.5) is 0 Å². The van der Waals surface area contributed by atoms with Gasteiger partial charge in [0.2, 0.25) is 11.8 Å². The van der Waals surface area contributed by atoms with Gasteiger partial charge in [-0.05, 0) is 25.7 Å². The molecule has 0 radical (unpaired) electrons. The number of carbonyl (C=O) groups excluding carboxylic acids is 3. The summed E-state index contributed by atoms with van der Waals surface area (Å²) in [6.45, 7) is 3.07. The molecule has 3 rings (SSSR count). The smallest absolute Gasteiger partial charge is 0.289 e. The largest absolute Gasteiger partial charge is 0.356 e. The van der Waals surface area contributed by atoms with Gasteiger partial charge in [-0.25, -0.2) is 4.98 Å². The monoisotopic (exact) mass is 389 g/mol. The van der Waals surface area contributed by atoms with Crippen molar-refractivity contribution in [2.75, 3.05) is 32.7 Å². The van der Waals surface area contributed by atoms with Crippen LogP contribution in [0.2, 0.25) is 0 Å². The van der Waals surface area contributed by atoms with Crippen LogP contribution in [-0.2, 0) is 16.6 Å². The average Bonchev–Trinajstić information content (AvgIpc) is 3.12. The summed E-state index contributed by atoms with van der Waals surface area (Å²) >= 11 is 0. The maximum atomic E-state index is 13.0. The number of imidazole rings is 1. The first-order chi connectivity index (χ1) is 13.6. The highest BCUT2D eigenvalue weighted by molar-refractivity contribution is 5.91. The standard InChI is InChI=1S/C20H31N5O3/c1-23-15-10-22-18(23)20(28)25-12-6-16(7-13-25)19(27)24-11-5-3-2-4-9-21-17(26)8-14-24/h10,15-16H,2-9,11-14H2,1H3,(H,21,26). The van der Waals surface area contributed by atoms with Crippen LogP contribution in [0.1, 0.15) is 55.6 Å². The van der Waals surface area contributed by atoms with Crippen molar-refractivity contribution in [3.8, 4) is 0 Å². The first-order valence-corrected chi connectivity index (χ1v) is 10.4. The lowest BCUT2D eigenvalue weighted by Gasteiger charge is -2.34. The van der Waals surface area contributed by atoms with Gasteiger partial charge in [-0.3, -0.25) is 14.4 Å². The molecule has 8 heteroatoms. The molecule has 28 heavy (non-hydrogen) atoms. The molecule has 0 aromatic carbocycles. The third-order valence-electron chi connectivity index (χ3n) is 5.74. The van der Waals surface area contributed by atoms with Crippen LogP contribution < -0.4 is 5.32 Å². The van der Waals surface area contributed by atoms with E-state index in [0.717, 1.165) is 38.8 Å². The fourth-order valence-electron chi connectivity index (χ4n) is 3.97. The third-order valence-corrected chi connectivity index (χ3v) is 5.74. The van der Waals surface area contributed by atoms with E-state index in [1.807, 2.05) is 11.9 Å². The molecule has 2 saturated heterocycles.